The third-order valence-electron chi connectivity index (χ3n) is 4.11. The Morgan fingerprint density at radius 1 is 1.00 bits per heavy atom. The predicted molar refractivity (Wildman–Crippen MR) is 102 cm³/mol. The highest BCUT2D eigenvalue weighted by Gasteiger charge is 2.39. The van der Waals surface area contributed by atoms with E-state index >= 15 is 0 Å². The quantitative estimate of drug-likeness (QED) is 0.687. The van der Waals surface area contributed by atoms with Gasteiger partial charge in [0.15, 0.2) is 0 Å². The van der Waals surface area contributed by atoms with Crippen molar-refractivity contribution in [1.82, 2.24) is 9.55 Å². The van der Waals surface area contributed by atoms with Crippen LogP contribution in [0.25, 0.3) is 11.0 Å². The number of nitrogens with zero attached hydrogens (tertiary/aromatic N) is 2. The van der Waals surface area contributed by atoms with Crippen LogP contribution in [0.2, 0.25) is 0 Å². The SMILES string of the molecule is CC(=O)n1c(P(C(C)(C)C)C(C)(C)C)nc2cc(C)c(C)cc21. The first kappa shape index (κ1) is 18.1. The maximum Gasteiger partial charge on any atom is 0.229 e. The molecule has 0 aliphatic carbocycles. The Morgan fingerprint density at radius 2 is 1.48 bits per heavy atom. The first-order valence-corrected chi connectivity index (χ1v) is 9.49. The Morgan fingerprint density at radius 3 is 1.91 bits per heavy atom. The lowest BCUT2D eigenvalue weighted by molar-refractivity contribution is 0.0944. The molecule has 0 spiro atoms. The Hall–Kier alpha value is -1.21. The highest BCUT2D eigenvalue weighted by molar-refractivity contribution is 7.68. The summed E-state index contributed by atoms with van der Waals surface area (Å²) in [6.07, 6.45) is 0. The van der Waals surface area contributed by atoms with E-state index in [1.807, 2.05) is 4.57 Å². The normalized spacial score (nSPS) is 13.1. The van der Waals surface area contributed by atoms with E-state index in [-0.39, 0.29) is 16.2 Å². The summed E-state index contributed by atoms with van der Waals surface area (Å²) < 4.78 is 1.85. The molecule has 1 aromatic carbocycles. The zero-order chi connectivity index (χ0) is 17.7. The zero-order valence-corrected chi connectivity index (χ0v) is 16.8. The van der Waals surface area contributed by atoms with Crippen LogP contribution in [0.5, 0.6) is 0 Å². The number of benzene rings is 1. The zero-order valence-electron chi connectivity index (χ0n) is 15.9. The molecule has 2 aromatic rings. The van der Waals surface area contributed by atoms with E-state index < -0.39 is 7.92 Å². The molecule has 3 nitrogen and oxygen atoms in total. The highest BCUT2D eigenvalue weighted by atomic mass is 31.1. The third-order valence-corrected chi connectivity index (χ3v) is 7.49. The summed E-state index contributed by atoms with van der Waals surface area (Å²) in [6, 6.07) is 4.20. The van der Waals surface area contributed by atoms with Crippen LogP contribution in [0.4, 0.5) is 0 Å². The second-order valence-electron chi connectivity index (χ2n) is 8.37. The molecule has 0 bridgehead atoms. The first-order valence-electron chi connectivity index (χ1n) is 8.15. The molecule has 4 heteroatoms. The maximum absolute atomic E-state index is 12.4. The van der Waals surface area contributed by atoms with Gasteiger partial charge in [-0.25, -0.2) is 4.98 Å². The number of rotatable bonds is 1. The van der Waals surface area contributed by atoms with Gasteiger partial charge in [-0.05, 0) is 55.3 Å². The van der Waals surface area contributed by atoms with Crippen LogP contribution < -0.4 is 5.57 Å². The van der Waals surface area contributed by atoms with Gasteiger partial charge >= 0.3 is 0 Å². The fourth-order valence-corrected chi connectivity index (χ4v) is 7.26. The smallest absolute Gasteiger partial charge is 0.229 e. The number of carbonyl (C=O) groups excluding carboxylic acids is 1. The molecule has 0 radical (unpaired) electrons. The number of fused-ring (bicyclic) bond motifs is 1. The average Bonchev–Trinajstić information content (AvgIpc) is 2.63. The predicted octanol–water partition coefficient (Wildman–Crippen LogP) is 5.02. The topological polar surface area (TPSA) is 34.9 Å². The molecule has 0 fully saturated rings. The summed E-state index contributed by atoms with van der Waals surface area (Å²) in [5.74, 6) is 0.0479. The number of hydrogen-bond donors (Lipinski definition) is 0. The molecular formula is C19H29N2OP. The van der Waals surface area contributed by atoms with Crippen molar-refractivity contribution >= 4 is 30.4 Å². The van der Waals surface area contributed by atoms with Crippen molar-refractivity contribution in [3.8, 4) is 0 Å². The second kappa shape index (κ2) is 5.70. The molecular weight excluding hydrogens is 303 g/mol. The van der Waals surface area contributed by atoms with Crippen molar-refractivity contribution in [3.63, 3.8) is 0 Å². The van der Waals surface area contributed by atoms with Gasteiger partial charge in [0.1, 0.15) is 5.57 Å². The van der Waals surface area contributed by atoms with Crippen molar-refractivity contribution in [2.24, 2.45) is 0 Å². The molecule has 2 rings (SSSR count). The number of aromatic nitrogens is 2. The Kier molecular flexibility index (Phi) is 4.50. The van der Waals surface area contributed by atoms with Crippen LogP contribution in [0.15, 0.2) is 12.1 Å². The molecule has 0 unspecified atom stereocenters. The van der Waals surface area contributed by atoms with Gasteiger partial charge in [-0.15, -0.1) is 0 Å². The second-order valence-corrected chi connectivity index (χ2v) is 12.1. The van der Waals surface area contributed by atoms with E-state index in [2.05, 4.69) is 67.5 Å². The Bertz CT molecular complexity index is 746. The van der Waals surface area contributed by atoms with Gasteiger partial charge in [0.05, 0.1) is 11.0 Å². The summed E-state index contributed by atoms with van der Waals surface area (Å²) in [4.78, 5) is 17.4. The monoisotopic (exact) mass is 332 g/mol. The largest absolute Gasteiger partial charge is 0.274 e. The van der Waals surface area contributed by atoms with E-state index in [1.54, 1.807) is 6.92 Å². The van der Waals surface area contributed by atoms with Crippen molar-refractivity contribution in [2.75, 3.05) is 0 Å². The molecule has 0 aliphatic rings. The highest BCUT2D eigenvalue weighted by Crippen LogP contribution is 2.58. The summed E-state index contributed by atoms with van der Waals surface area (Å²) in [5, 5.41) is 0.151. The number of hydrogen-bond acceptors (Lipinski definition) is 2. The van der Waals surface area contributed by atoms with E-state index in [1.165, 1.54) is 11.1 Å². The lowest BCUT2D eigenvalue weighted by Gasteiger charge is -2.40. The fourth-order valence-electron chi connectivity index (χ4n) is 3.39. The number of carbonyl (C=O) groups is 1. The number of aryl methyl sites for hydroxylation is 2. The maximum atomic E-state index is 12.4. The van der Waals surface area contributed by atoms with Gasteiger partial charge < -0.3 is 0 Å². The van der Waals surface area contributed by atoms with E-state index in [4.69, 9.17) is 4.98 Å². The molecule has 0 amide bonds. The van der Waals surface area contributed by atoms with Crippen LogP contribution in [-0.2, 0) is 0 Å². The van der Waals surface area contributed by atoms with Crippen LogP contribution >= 0.6 is 7.92 Å². The summed E-state index contributed by atoms with van der Waals surface area (Å²) in [5.41, 5.74) is 5.23. The van der Waals surface area contributed by atoms with E-state index in [0.717, 1.165) is 16.6 Å². The van der Waals surface area contributed by atoms with Crippen molar-refractivity contribution in [3.05, 3.63) is 23.3 Å². The summed E-state index contributed by atoms with van der Waals surface area (Å²) in [6.45, 7) is 19.3. The van der Waals surface area contributed by atoms with Gasteiger partial charge in [-0.2, -0.15) is 0 Å². The minimum absolute atomic E-state index is 0.0479. The molecule has 1 aromatic heterocycles. The summed E-state index contributed by atoms with van der Waals surface area (Å²) in [7, 11) is -0.626. The lowest BCUT2D eigenvalue weighted by atomic mass is 10.1. The van der Waals surface area contributed by atoms with Gasteiger partial charge in [-0.3, -0.25) is 9.36 Å². The Balaban J connectivity index is 2.87. The minimum atomic E-state index is -0.626. The van der Waals surface area contributed by atoms with Gasteiger partial charge in [-0.1, -0.05) is 41.5 Å². The number of imidazole rings is 1. The molecule has 0 N–H and O–H groups in total. The molecule has 23 heavy (non-hydrogen) atoms. The van der Waals surface area contributed by atoms with Gasteiger partial charge in [0, 0.05) is 6.92 Å². The molecule has 0 atom stereocenters. The fraction of sp³-hybridized carbons (Fsp3) is 0.579. The first-order chi connectivity index (χ1) is 10.3. The molecule has 0 saturated heterocycles. The van der Waals surface area contributed by atoms with Crippen molar-refractivity contribution in [1.29, 1.82) is 0 Å². The molecule has 1 heterocycles. The van der Waals surface area contributed by atoms with Crippen LogP contribution in [0.1, 0.15) is 64.4 Å². The van der Waals surface area contributed by atoms with E-state index in [0.29, 0.717) is 0 Å². The molecule has 0 saturated carbocycles. The van der Waals surface area contributed by atoms with Crippen LogP contribution in [-0.4, -0.2) is 25.8 Å². The molecule has 0 aliphatic heterocycles. The van der Waals surface area contributed by atoms with Gasteiger partial charge in [0.25, 0.3) is 0 Å². The third kappa shape index (κ3) is 3.35. The van der Waals surface area contributed by atoms with Crippen molar-refractivity contribution < 1.29 is 4.79 Å². The van der Waals surface area contributed by atoms with Gasteiger partial charge in [0.2, 0.25) is 5.91 Å². The molecule has 126 valence electrons. The van der Waals surface area contributed by atoms with E-state index in [9.17, 15) is 4.79 Å². The minimum Gasteiger partial charge on any atom is -0.274 e. The van der Waals surface area contributed by atoms with Crippen LogP contribution in [0.3, 0.4) is 0 Å². The Labute approximate surface area is 141 Å². The summed E-state index contributed by atoms with van der Waals surface area (Å²) >= 11 is 0. The lowest BCUT2D eigenvalue weighted by Crippen LogP contribution is -2.36. The van der Waals surface area contributed by atoms with Crippen molar-refractivity contribution in [2.45, 2.75) is 72.6 Å². The van der Waals surface area contributed by atoms with Crippen LogP contribution in [0, 0.1) is 13.8 Å². The average molecular weight is 332 g/mol. The standard InChI is InChI=1S/C19H29N2OP/c1-12-10-15-16(11-13(12)2)21(14(3)22)17(20-15)23(18(4,5)6)19(7,8)9/h10-11H,1-9H3.